The van der Waals surface area contributed by atoms with E-state index < -0.39 is 0 Å². The number of hydrogen-bond acceptors (Lipinski definition) is 6. The number of nitrogens with zero attached hydrogens (tertiary/aromatic N) is 3. The number of aromatic nitrogens is 1. The summed E-state index contributed by atoms with van der Waals surface area (Å²) in [6.45, 7) is 5.00. The first-order chi connectivity index (χ1) is 18.3. The molecule has 1 aromatic heterocycles. The summed E-state index contributed by atoms with van der Waals surface area (Å²) in [5, 5.41) is 13.8. The molecule has 2 heterocycles. The number of anilines is 1. The summed E-state index contributed by atoms with van der Waals surface area (Å²) in [5.74, 6) is 0.363. The lowest BCUT2D eigenvalue weighted by Crippen LogP contribution is -2.29. The van der Waals surface area contributed by atoms with Crippen LogP contribution >= 0.6 is 35.6 Å². The van der Waals surface area contributed by atoms with E-state index in [0.29, 0.717) is 50.7 Å². The zero-order valence-electron chi connectivity index (χ0n) is 21.2. The number of amides is 1. The number of nitrogens with one attached hydrogen (secondary N) is 1. The highest BCUT2D eigenvalue weighted by Gasteiger charge is 2.33. The lowest BCUT2D eigenvalue weighted by atomic mass is 10.0. The van der Waals surface area contributed by atoms with Gasteiger partial charge in [0.05, 0.1) is 11.4 Å². The van der Waals surface area contributed by atoms with E-state index in [9.17, 15) is 14.9 Å². The van der Waals surface area contributed by atoms with E-state index in [2.05, 4.69) is 23.5 Å². The van der Waals surface area contributed by atoms with Crippen LogP contribution in [0.4, 0.5) is 5.82 Å². The van der Waals surface area contributed by atoms with E-state index in [1.807, 2.05) is 43.3 Å². The van der Waals surface area contributed by atoms with Crippen molar-refractivity contribution in [3.8, 4) is 6.07 Å². The minimum atomic E-state index is -0.336. The molecule has 0 atom stereocenters. The van der Waals surface area contributed by atoms with Gasteiger partial charge in [0.25, 0.3) is 11.5 Å². The van der Waals surface area contributed by atoms with Gasteiger partial charge in [-0.05, 0) is 48.6 Å². The summed E-state index contributed by atoms with van der Waals surface area (Å²) >= 11 is 13.1. The molecule has 1 N–H and O–H groups in total. The third-order valence-corrected chi connectivity index (χ3v) is 8.05. The van der Waals surface area contributed by atoms with Gasteiger partial charge in [0.1, 0.15) is 21.8 Å². The molecule has 0 unspecified atom stereocenters. The number of thioether (sulfide) groups is 1. The van der Waals surface area contributed by atoms with Gasteiger partial charge in [-0.2, -0.15) is 5.26 Å². The lowest BCUT2D eigenvalue weighted by molar-refractivity contribution is -0.122. The van der Waals surface area contributed by atoms with E-state index in [1.165, 1.54) is 16.7 Å². The van der Waals surface area contributed by atoms with Crippen molar-refractivity contribution in [2.45, 2.75) is 39.8 Å². The fraction of sp³-hybridized carbons (Fsp3) is 0.241. The maximum Gasteiger partial charge on any atom is 0.270 e. The fourth-order valence-electron chi connectivity index (χ4n) is 4.32. The number of thiocarbonyl (C=S) groups is 1. The molecule has 2 aromatic carbocycles. The number of halogens is 1. The van der Waals surface area contributed by atoms with Crippen LogP contribution in [0.3, 0.4) is 0 Å². The molecule has 1 aliphatic heterocycles. The second-order valence-electron chi connectivity index (χ2n) is 8.85. The van der Waals surface area contributed by atoms with Crippen LogP contribution in [0.2, 0.25) is 5.02 Å². The van der Waals surface area contributed by atoms with Crippen molar-refractivity contribution in [3.63, 3.8) is 0 Å². The summed E-state index contributed by atoms with van der Waals surface area (Å²) in [6.07, 6.45) is 3.21. The Morgan fingerprint density at radius 2 is 1.84 bits per heavy atom. The highest BCUT2D eigenvalue weighted by Crippen LogP contribution is 2.36. The van der Waals surface area contributed by atoms with Crippen LogP contribution in [-0.4, -0.2) is 26.2 Å². The Morgan fingerprint density at radius 3 is 2.53 bits per heavy atom. The van der Waals surface area contributed by atoms with Gasteiger partial charge in [0.15, 0.2) is 0 Å². The van der Waals surface area contributed by atoms with Gasteiger partial charge in [0, 0.05) is 23.7 Å². The fourth-order valence-corrected chi connectivity index (χ4v) is 5.76. The minimum absolute atomic E-state index is 0.0739. The molecule has 0 bridgehead atoms. The van der Waals surface area contributed by atoms with Crippen LogP contribution in [-0.2, 0) is 24.3 Å². The lowest BCUT2D eigenvalue weighted by Gasteiger charge is -2.20. The Morgan fingerprint density at radius 1 is 1.13 bits per heavy atom. The van der Waals surface area contributed by atoms with Crippen molar-refractivity contribution in [1.82, 2.24) is 9.47 Å². The van der Waals surface area contributed by atoms with Crippen LogP contribution < -0.4 is 10.9 Å². The number of hydrogen-bond donors (Lipinski definition) is 1. The molecule has 1 saturated heterocycles. The highest BCUT2D eigenvalue weighted by atomic mass is 35.5. The molecule has 1 amide bonds. The second kappa shape index (κ2) is 12.4. The molecule has 4 rings (SSSR count). The number of rotatable bonds is 9. The largest absolute Gasteiger partial charge is 0.371 e. The van der Waals surface area contributed by atoms with Gasteiger partial charge in [-0.1, -0.05) is 91.0 Å². The summed E-state index contributed by atoms with van der Waals surface area (Å²) in [5.41, 5.74) is 2.87. The number of carbonyl (C=O) groups is 1. The van der Waals surface area contributed by atoms with Gasteiger partial charge in [-0.3, -0.25) is 19.1 Å². The van der Waals surface area contributed by atoms with Gasteiger partial charge in [-0.15, -0.1) is 0 Å². The quantitative estimate of drug-likeness (QED) is 0.249. The Hall–Kier alpha value is -3.38. The first-order valence-electron chi connectivity index (χ1n) is 12.3. The maximum atomic E-state index is 13.4. The highest BCUT2D eigenvalue weighted by molar-refractivity contribution is 8.26. The van der Waals surface area contributed by atoms with Crippen molar-refractivity contribution < 1.29 is 4.79 Å². The van der Waals surface area contributed by atoms with E-state index in [0.717, 1.165) is 17.5 Å². The monoisotopic (exact) mass is 562 g/mol. The van der Waals surface area contributed by atoms with Crippen LogP contribution in [0.1, 0.15) is 41.2 Å². The van der Waals surface area contributed by atoms with Gasteiger partial charge < -0.3 is 5.32 Å². The first kappa shape index (κ1) is 27.6. The van der Waals surface area contributed by atoms with Gasteiger partial charge >= 0.3 is 0 Å². The standard InChI is InChI=1S/C29H27ClN4O2S2/c1-3-15-33-26(32-14-13-20-9-5-4-6-10-20)22(19(2)23(17-31)27(33)35)16-25-28(36)34(29(37)38-25)18-21-11-7-8-12-24(21)30/h4-12,16,32H,3,13-15,18H2,1-2H3/b25-16+. The molecule has 194 valence electrons. The molecular weight excluding hydrogens is 536 g/mol. The number of pyridine rings is 1. The van der Waals surface area contributed by atoms with Crippen LogP contribution in [0.5, 0.6) is 0 Å². The maximum absolute atomic E-state index is 13.4. The van der Waals surface area contributed by atoms with Gasteiger partial charge in [-0.25, -0.2) is 0 Å². The normalized spacial score (nSPS) is 14.3. The van der Waals surface area contributed by atoms with Crippen LogP contribution in [0.25, 0.3) is 6.08 Å². The van der Waals surface area contributed by atoms with Crippen molar-refractivity contribution in [2.75, 3.05) is 11.9 Å². The van der Waals surface area contributed by atoms with Crippen molar-refractivity contribution in [3.05, 3.63) is 103 Å². The van der Waals surface area contributed by atoms with Crippen molar-refractivity contribution in [1.29, 1.82) is 5.26 Å². The topological polar surface area (TPSA) is 78.1 Å². The zero-order valence-corrected chi connectivity index (χ0v) is 23.6. The Balaban J connectivity index is 1.73. The second-order valence-corrected chi connectivity index (χ2v) is 10.9. The SMILES string of the molecule is CCCn1c(NCCc2ccccc2)c(/C=C2/SC(=S)N(Cc3ccccc3Cl)C2=O)c(C)c(C#N)c1=O. The molecule has 0 radical (unpaired) electrons. The molecule has 0 saturated carbocycles. The zero-order chi connectivity index (χ0) is 27.2. The van der Waals surface area contributed by atoms with Gasteiger partial charge in [0.2, 0.25) is 0 Å². The molecular formula is C29H27ClN4O2S2. The summed E-state index contributed by atoms with van der Waals surface area (Å²) in [4.78, 5) is 28.6. The Labute approximate surface area is 236 Å². The van der Waals surface area contributed by atoms with Crippen LogP contribution in [0, 0.1) is 18.3 Å². The molecule has 3 aromatic rings. The van der Waals surface area contributed by atoms with Crippen molar-refractivity contribution >= 4 is 57.7 Å². The molecule has 9 heteroatoms. The van der Waals surface area contributed by atoms with Crippen molar-refractivity contribution in [2.24, 2.45) is 0 Å². The summed E-state index contributed by atoms with van der Waals surface area (Å²) in [6, 6.07) is 19.5. The molecule has 0 aliphatic carbocycles. The van der Waals surface area contributed by atoms with E-state index >= 15 is 0 Å². The summed E-state index contributed by atoms with van der Waals surface area (Å²) < 4.78 is 2.03. The van der Waals surface area contributed by atoms with E-state index in [-0.39, 0.29) is 23.6 Å². The number of benzene rings is 2. The third kappa shape index (κ3) is 5.86. The molecule has 1 fully saturated rings. The predicted molar refractivity (Wildman–Crippen MR) is 159 cm³/mol. The Bertz CT molecular complexity index is 1510. The average molecular weight is 563 g/mol. The smallest absolute Gasteiger partial charge is 0.270 e. The summed E-state index contributed by atoms with van der Waals surface area (Å²) in [7, 11) is 0. The molecule has 0 spiro atoms. The Kier molecular flexibility index (Phi) is 9.05. The predicted octanol–water partition coefficient (Wildman–Crippen LogP) is 6.15. The first-order valence-corrected chi connectivity index (χ1v) is 13.9. The third-order valence-electron chi connectivity index (χ3n) is 6.31. The minimum Gasteiger partial charge on any atom is -0.371 e. The molecule has 1 aliphatic rings. The van der Waals surface area contributed by atoms with E-state index in [1.54, 1.807) is 23.6 Å². The van der Waals surface area contributed by atoms with Crippen LogP contribution in [0.15, 0.2) is 64.3 Å². The molecule has 6 nitrogen and oxygen atoms in total. The average Bonchev–Trinajstić information content (AvgIpc) is 3.17. The number of carbonyl (C=O) groups excluding carboxylic acids is 1. The number of nitriles is 1. The molecule has 38 heavy (non-hydrogen) atoms. The van der Waals surface area contributed by atoms with E-state index in [4.69, 9.17) is 23.8 Å².